The third-order valence-corrected chi connectivity index (χ3v) is 6.16. The summed E-state index contributed by atoms with van der Waals surface area (Å²) < 4.78 is 10.9. The summed E-state index contributed by atoms with van der Waals surface area (Å²) in [4.78, 5) is 26.2. The Kier molecular flexibility index (Phi) is 7.93. The van der Waals surface area contributed by atoms with Crippen LogP contribution in [0.2, 0.25) is 0 Å². The fraction of sp³-hybridized carbons (Fsp3) is 0.857. The van der Waals surface area contributed by atoms with Crippen molar-refractivity contribution < 1.29 is 19.1 Å². The summed E-state index contributed by atoms with van der Waals surface area (Å²) >= 11 is 0. The van der Waals surface area contributed by atoms with Gasteiger partial charge in [0.25, 0.3) is 0 Å². The van der Waals surface area contributed by atoms with Crippen LogP contribution in [0.3, 0.4) is 0 Å². The normalized spacial score (nSPS) is 21.7. The molecule has 0 aromatic rings. The van der Waals surface area contributed by atoms with E-state index in [4.69, 9.17) is 9.47 Å². The molecule has 0 aliphatic heterocycles. The molecule has 0 bridgehead atoms. The number of carbonyl (C=O) groups excluding carboxylic acids is 2. The lowest BCUT2D eigenvalue weighted by Crippen LogP contribution is -2.50. The molecule has 2 fully saturated rings. The Morgan fingerprint density at radius 2 is 1.69 bits per heavy atom. The zero-order valence-corrected chi connectivity index (χ0v) is 16.3. The van der Waals surface area contributed by atoms with E-state index in [0.717, 1.165) is 64.2 Å². The van der Waals surface area contributed by atoms with Crippen LogP contribution in [0.15, 0.2) is 0 Å². The first-order chi connectivity index (χ1) is 12.6. The van der Waals surface area contributed by atoms with E-state index in [1.165, 1.54) is 0 Å². The first kappa shape index (κ1) is 20.7. The monoisotopic (exact) mass is 363 g/mol. The van der Waals surface area contributed by atoms with Crippen molar-refractivity contribution in [3.8, 4) is 6.07 Å². The van der Waals surface area contributed by atoms with Crippen LogP contribution in [-0.4, -0.2) is 25.2 Å². The fourth-order valence-corrected chi connectivity index (χ4v) is 4.83. The van der Waals surface area contributed by atoms with Gasteiger partial charge in [-0.3, -0.25) is 9.59 Å². The molecule has 0 spiro atoms. The lowest BCUT2D eigenvalue weighted by molar-refractivity contribution is -0.172. The van der Waals surface area contributed by atoms with Crippen LogP contribution in [-0.2, 0) is 19.1 Å². The third kappa shape index (κ3) is 4.22. The molecule has 0 aromatic heterocycles. The summed E-state index contributed by atoms with van der Waals surface area (Å²) in [5, 5.41) is 10.2. The number of unbranched alkanes of at least 4 members (excludes halogenated alkanes) is 1. The number of ether oxygens (including phenoxy) is 2. The predicted molar refractivity (Wildman–Crippen MR) is 98.0 cm³/mol. The molecular weight excluding hydrogens is 330 g/mol. The average molecular weight is 363 g/mol. The topological polar surface area (TPSA) is 76.4 Å². The molecule has 5 heteroatoms. The van der Waals surface area contributed by atoms with Crippen LogP contribution >= 0.6 is 0 Å². The molecule has 2 saturated carbocycles. The van der Waals surface area contributed by atoms with E-state index in [2.05, 4.69) is 6.07 Å². The van der Waals surface area contributed by atoms with E-state index in [1.807, 2.05) is 6.92 Å². The van der Waals surface area contributed by atoms with Crippen LogP contribution in [0, 0.1) is 34.5 Å². The second-order valence-corrected chi connectivity index (χ2v) is 7.73. The van der Waals surface area contributed by atoms with Crippen molar-refractivity contribution in [3.63, 3.8) is 0 Å². The summed E-state index contributed by atoms with van der Waals surface area (Å²) in [6, 6.07) is 2.32. The molecule has 0 N–H and O–H groups in total. The summed E-state index contributed by atoms with van der Waals surface area (Å²) in [6.45, 7) is 4.36. The average Bonchev–Trinajstić information content (AvgIpc) is 3.33. The maximum Gasteiger partial charge on any atom is 0.327 e. The largest absolute Gasteiger partial charge is 0.465 e. The van der Waals surface area contributed by atoms with Gasteiger partial charge in [0, 0.05) is 0 Å². The first-order valence-electron chi connectivity index (χ1n) is 10.4. The predicted octanol–water partition coefficient (Wildman–Crippen LogP) is 4.40. The summed E-state index contributed by atoms with van der Waals surface area (Å²) in [5.74, 6) is -1.66. The van der Waals surface area contributed by atoms with Gasteiger partial charge in [0.1, 0.15) is 0 Å². The minimum atomic E-state index is -1.40. The molecule has 5 nitrogen and oxygen atoms in total. The molecule has 146 valence electrons. The van der Waals surface area contributed by atoms with Crippen LogP contribution in [0.4, 0.5) is 0 Å². The van der Waals surface area contributed by atoms with Gasteiger partial charge >= 0.3 is 11.9 Å². The van der Waals surface area contributed by atoms with E-state index in [1.54, 1.807) is 6.92 Å². The fourth-order valence-electron chi connectivity index (χ4n) is 4.83. The molecular formula is C21H33NO4. The SMILES string of the molecule is CCCCOC(=O)C(C1CCCC1)C(C#N)(C(=O)OCC)C1CCCC1. The van der Waals surface area contributed by atoms with Gasteiger partial charge in [-0.25, -0.2) is 0 Å². The Hall–Kier alpha value is -1.57. The van der Waals surface area contributed by atoms with Crippen LogP contribution < -0.4 is 0 Å². The van der Waals surface area contributed by atoms with E-state index >= 15 is 0 Å². The van der Waals surface area contributed by atoms with Crippen molar-refractivity contribution in [3.05, 3.63) is 0 Å². The molecule has 2 rings (SSSR count). The van der Waals surface area contributed by atoms with Gasteiger partial charge in [-0.15, -0.1) is 0 Å². The summed E-state index contributed by atoms with van der Waals surface area (Å²) in [6.07, 6.45) is 9.17. The first-order valence-corrected chi connectivity index (χ1v) is 10.4. The van der Waals surface area contributed by atoms with Gasteiger partial charge in [0.2, 0.25) is 0 Å². The molecule has 0 aromatic carbocycles. The minimum Gasteiger partial charge on any atom is -0.465 e. The molecule has 2 unspecified atom stereocenters. The Morgan fingerprint density at radius 1 is 1.08 bits per heavy atom. The van der Waals surface area contributed by atoms with Gasteiger partial charge in [0.15, 0.2) is 5.41 Å². The molecule has 0 heterocycles. The quantitative estimate of drug-likeness (QED) is 0.448. The number of hydrogen-bond acceptors (Lipinski definition) is 5. The van der Waals surface area contributed by atoms with Crippen molar-refractivity contribution in [2.45, 2.75) is 78.1 Å². The van der Waals surface area contributed by atoms with Gasteiger partial charge < -0.3 is 9.47 Å². The molecule has 2 aliphatic carbocycles. The maximum atomic E-state index is 13.1. The van der Waals surface area contributed by atoms with Crippen molar-refractivity contribution in [1.82, 2.24) is 0 Å². The number of carbonyl (C=O) groups is 2. The maximum absolute atomic E-state index is 13.1. The number of nitriles is 1. The number of hydrogen-bond donors (Lipinski definition) is 0. The highest BCUT2D eigenvalue weighted by molar-refractivity contribution is 5.88. The van der Waals surface area contributed by atoms with E-state index < -0.39 is 17.3 Å². The Morgan fingerprint density at radius 3 is 2.23 bits per heavy atom. The van der Waals surface area contributed by atoms with Crippen molar-refractivity contribution in [1.29, 1.82) is 5.26 Å². The van der Waals surface area contributed by atoms with Crippen LogP contribution in [0.1, 0.15) is 78.1 Å². The van der Waals surface area contributed by atoms with Gasteiger partial charge in [-0.05, 0) is 50.9 Å². The second-order valence-electron chi connectivity index (χ2n) is 7.73. The molecule has 2 atom stereocenters. The standard InChI is InChI=1S/C21H33NO4/c1-3-5-14-26-19(23)18(16-10-6-7-11-16)21(15-22,20(24)25-4-2)17-12-8-9-13-17/h16-18H,3-14H2,1-2H3. The van der Waals surface area contributed by atoms with Crippen LogP contribution in [0.25, 0.3) is 0 Å². The van der Waals surface area contributed by atoms with Crippen molar-refractivity contribution in [2.75, 3.05) is 13.2 Å². The highest BCUT2D eigenvalue weighted by Gasteiger charge is 2.59. The van der Waals surface area contributed by atoms with E-state index in [0.29, 0.717) is 6.61 Å². The third-order valence-electron chi connectivity index (χ3n) is 6.16. The lowest BCUT2D eigenvalue weighted by atomic mass is 9.62. The smallest absolute Gasteiger partial charge is 0.327 e. The van der Waals surface area contributed by atoms with Crippen molar-refractivity contribution in [2.24, 2.45) is 23.2 Å². The van der Waals surface area contributed by atoms with Gasteiger partial charge in [0.05, 0.1) is 25.2 Å². The summed E-state index contributed by atoms with van der Waals surface area (Å²) in [5.41, 5.74) is -1.40. The zero-order valence-electron chi connectivity index (χ0n) is 16.3. The zero-order chi connectivity index (χ0) is 19.0. The van der Waals surface area contributed by atoms with Crippen molar-refractivity contribution >= 4 is 11.9 Å². The molecule has 0 saturated heterocycles. The minimum absolute atomic E-state index is 0.0359. The number of esters is 2. The Bertz CT molecular complexity index is 515. The van der Waals surface area contributed by atoms with Crippen LogP contribution in [0.5, 0.6) is 0 Å². The molecule has 2 aliphatic rings. The highest BCUT2D eigenvalue weighted by atomic mass is 16.5. The highest BCUT2D eigenvalue weighted by Crippen LogP contribution is 2.51. The number of rotatable bonds is 9. The van der Waals surface area contributed by atoms with Gasteiger partial charge in [-0.1, -0.05) is 39.0 Å². The molecule has 0 amide bonds. The molecule has 0 radical (unpaired) electrons. The number of nitrogens with zero attached hydrogens (tertiary/aromatic N) is 1. The second kappa shape index (κ2) is 9.94. The Labute approximate surface area is 157 Å². The molecule has 26 heavy (non-hydrogen) atoms. The van der Waals surface area contributed by atoms with Gasteiger partial charge in [-0.2, -0.15) is 5.26 Å². The Balaban J connectivity index is 2.40. The van der Waals surface area contributed by atoms with E-state index in [-0.39, 0.29) is 24.4 Å². The summed E-state index contributed by atoms with van der Waals surface area (Å²) in [7, 11) is 0. The van der Waals surface area contributed by atoms with E-state index in [9.17, 15) is 14.9 Å². The lowest BCUT2D eigenvalue weighted by Gasteiger charge is -2.39.